The van der Waals surface area contributed by atoms with E-state index < -0.39 is 18.3 Å². The number of likely N-dealkylation sites (tertiary alicyclic amines) is 1. The molecule has 7 nitrogen and oxygen atoms in total. The first-order chi connectivity index (χ1) is 27.4. The molecule has 0 aromatic heterocycles. The topological polar surface area (TPSA) is 82.1 Å². The van der Waals surface area contributed by atoms with Gasteiger partial charge in [-0.15, -0.1) is 0 Å². The van der Waals surface area contributed by atoms with Crippen molar-refractivity contribution in [3.05, 3.63) is 48.6 Å². The average molecular weight is 782 g/mol. The van der Waals surface area contributed by atoms with Crippen LogP contribution in [-0.2, 0) is 28.6 Å². The summed E-state index contributed by atoms with van der Waals surface area (Å²) in [6.07, 6.45) is 45.7. The monoisotopic (exact) mass is 782 g/mol. The molecule has 0 aromatic rings. The molecule has 1 heterocycles. The van der Waals surface area contributed by atoms with Crippen LogP contribution in [0.15, 0.2) is 48.6 Å². The van der Waals surface area contributed by atoms with Crippen LogP contribution in [-0.4, -0.2) is 61.3 Å². The Labute approximate surface area is 343 Å². The van der Waals surface area contributed by atoms with Crippen molar-refractivity contribution in [3.63, 3.8) is 0 Å². The van der Waals surface area contributed by atoms with Crippen molar-refractivity contribution in [2.45, 2.75) is 218 Å². The Morgan fingerprint density at radius 1 is 0.482 bits per heavy atom. The molecule has 0 N–H and O–H groups in total. The number of rotatable bonds is 32. The number of carbonyl (C=O) groups excluding carboxylic acids is 3. The molecule has 2 atom stereocenters. The van der Waals surface area contributed by atoms with Gasteiger partial charge in [-0.2, -0.15) is 0 Å². The van der Waals surface area contributed by atoms with Crippen molar-refractivity contribution < 1.29 is 28.6 Å². The predicted octanol–water partition coefficient (Wildman–Crippen LogP) is 12.9. The summed E-state index contributed by atoms with van der Waals surface area (Å²) in [4.78, 5) is 41.1. The Balaban J connectivity index is 1.66. The van der Waals surface area contributed by atoms with Crippen LogP contribution in [0.3, 0.4) is 0 Å². The molecule has 2 unspecified atom stereocenters. The van der Waals surface area contributed by atoms with E-state index in [-0.39, 0.29) is 23.8 Å². The minimum Gasteiger partial charge on any atom is -0.462 e. The van der Waals surface area contributed by atoms with E-state index in [1.54, 1.807) is 0 Å². The summed E-state index contributed by atoms with van der Waals surface area (Å²) in [6, 6.07) is 0. The van der Waals surface area contributed by atoms with Crippen LogP contribution in [0.2, 0.25) is 0 Å². The highest BCUT2D eigenvalue weighted by Crippen LogP contribution is 2.29. The second-order valence-corrected chi connectivity index (χ2v) is 16.5. The summed E-state index contributed by atoms with van der Waals surface area (Å²) >= 11 is 0. The van der Waals surface area contributed by atoms with Crippen molar-refractivity contribution >= 4 is 17.9 Å². The summed E-state index contributed by atoms with van der Waals surface area (Å²) in [5, 5.41) is 0. The van der Waals surface area contributed by atoms with E-state index >= 15 is 0 Å². The van der Waals surface area contributed by atoms with E-state index in [0.29, 0.717) is 32.1 Å². The maximum Gasteiger partial charge on any atom is 0.309 e. The molecular weight excluding hydrogens is 699 g/mol. The van der Waals surface area contributed by atoms with Gasteiger partial charge in [-0.25, -0.2) is 0 Å². The fraction of sp³-hybridized carbons (Fsp3) is 0.776. The minimum atomic E-state index is -0.418. The highest BCUT2D eigenvalue weighted by Gasteiger charge is 2.36. The Bertz CT molecular complexity index is 1050. The molecule has 7 heteroatoms. The van der Waals surface area contributed by atoms with E-state index in [1.165, 1.54) is 77.0 Å². The first-order valence-electron chi connectivity index (χ1n) is 23.3. The van der Waals surface area contributed by atoms with Gasteiger partial charge in [0.25, 0.3) is 0 Å². The molecule has 1 saturated carbocycles. The van der Waals surface area contributed by atoms with E-state index in [2.05, 4.69) is 74.4 Å². The standard InChI is InChI=1S/C49H83NO6/c1-4-6-8-10-12-14-16-18-20-22-24-26-28-30-32-34-47(51)54-44-40-45(42-46(41-44)56-49(53)43-36-38-50(3)39-37-43)55-48(52)35-33-31-29-27-25-23-21-19-17-15-13-11-9-7-5-2/h12-15,18-21,43-46H,4-11,16-17,22-42H2,1-3H3/b14-12-,15-13-,20-18-,21-19-. The van der Waals surface area contributed by atoms with E-state index in [9.17, 15) is 14.4 Å². The fourth-order valence-corrected chi connectivity index (χ4v) is 7.61. The third-order valence-corrected chi connectivity index (χ3v) is 11.2. The average Bonchev–Trinajstić information content (AvgIpc) is 3.18. The molecule has 1 aliphatic carbocycles. The zero-order valence-corrected chi connectivity index (χ0v) is 36.2. The predicted molar refractivity (Wildman–Crippen MR) is 232 cm³/mol. The molecule has 1 saturated heterocycles. The molecule has 2 fully saturated rings. The summed E-state index contributed by atoms with van der Waals surface area (Å²) in [7, 11) is 2.07. The number of carbonyl (C=O) groups is 3. The van der Waals surface area contributed by atoms with Crippen LogP contribution in [0.25, 0.3) is 0 Å². The van der Waals surface area contributed by atoms with Crippen LogP contribution in [0.4, 0.5) is 0 Å². The zero-order valence-electron chi connectivity index (χ0n) is 36.2. The third kappa shape index (κ3) is 27.1. The first-order valence-corrected chi connectivity index (χ1v) is 23.3. The lowest BCUT2D eigenvalue weighted by Crippen LogP contribution is -2.41. The smallest absolute Gasteiger partial charge is 0.309 e. The quantitative estimate of drug-likeness (QED) is 0.0291. The second-order valence-electron chi connectivity index (χ2n) is 16.5. The second kappa shape index (κ2) is 34.4. The van der Waals surface area contributed by atoms with E-state index in [0.717, 1.165) is 90.1 Å². The highest BCUT2D eigenvalue weighted by atomic mass is 16.6. The molecule has 2 rings (SSSR count). The van der Waals surface area contributed by atoms with Crippen LogP contribution < -0.4 is 0 Å². The normalized spacial score (nSPS) is 19.8. The van der Waals surface area contributed by atoms with Gasteiger partial charge in [0.05, 0.1) is 5.92 Å². The molecule has 56 heavy (non-hydrogen) atoms. The minimum absolute atomic E-state index is 0.105. The van der Waals surface area contributed by atoms with Gasteiger partial charge in [0.1, 0.15) is 18.3 Å². The van der Waals surface area contributed by atoms with Crippen LogP contribution in [0.5, 0.6) is 0 Å². The van der Waals surface area contributed by atoms with E-state index in [4.69, 9.17) is 14.2 Å². The lowest BCUT2D eigenvalue weighted by atomic mass is 9.91. The maximum atomic E-state index is 13.1. The van der Waals surface area contributed by atoms with Gasteiger partial charge in [-0.05, 0) is 110 Å². The Kier molecular flexibility index (Phi) is 30.4. The van der Waals surface area contributed by atoms with Crippen molar-refractivity contribution in [2.24, 2.45) is 5.92 Å². The first kappa shape index (κ1) is 49.5. The van der Waals surface area contributed by atoms with Crippen LogP contribution in [0, 0.1) is 5.92 Å². The SMILES string of the molecule is CCCCC/C=C\C/C=C\CCCCCCCC(=O)OC1CC(OC(=O)CCCCCCC/C=C\C/C=C\CCCCC)CC(OC(=O)C2CCN(C)CC2)C1. The van der Waals surface area contributed by atoms with Gasteiger partial charge in [-0.3, -0.25) is 14.4 Å². The maximum absolute atomic E-state index is 13.1. The summed E-state index contributed by atoms with van der Waals surface area (Å²) in [5.74, 6) is -0.696. The van der Waals surface area contributed by atoms with Gasteiger partial charge >= 0.3 is 17.9 Å². The molecular formula is C49H83NO6. The van der Waals surface area contributed by atoms with Crippen molar-refractivity contribution in [1.29, 1.82) is 0 Å². The summed E-state index contributed by atoms with van der Waals surface area (Å²) < 4.78 is 17.9. The van der Waals surface area contributed by atoms with Gasteiger partial charge in [0.15, 0.2) is 0 Å². The Morgan fingerprint density at radius 3 is 1.25 bits per heavy atom. The van der Waals surface area contributed by atoms with Crippen LogP contribution >= 0.6 is 0 Å². The number of nitrogens with zero attached hydrogens (tertiary/aromatic N) is 1. The highest BCUT2D eigenvalue weighted by molar-refractivity contribution is 5.73. The molecule has 0 aromatic carbocycles. The lowest BCUT2D eigenvalue weighted by molar-refractivity contribution is -0.172. The van der Waals surface area contributed by atoms with Gasteiger partial charge in [0.2, 0.25) is 0 Å². The fourth-order valence-electron chi connectivity index (χ4n) is 7.61. The third-order valence-electron chi connectivity index (χ3n) is 11.2. The largest absolute Gasteiger partial charge is 0.462 e. The van der Waals surface area contributed by atoms with Crippen molar-refractivity contribution in [2.75, 3.05) is 20.1 Å². The lowest BCUT2D eigenvalue weighted by Gasteiger charge is -2.35. The van der Waals surface area contributed by atoms with Gasteiger partial charge in [-0.1, -0.05) is 127 Å². The molecule has 0 radical (unpaired) electrons. The molecule has 0 spiro atoms. The van der Waals surface area contributed by atoms with Crippen LogP contribution in [0.1, 0.15) is 200 Å². The number of unbranched alkanes of at least 4 members (excludes halogenated alkanes) is 16. The molecule has 1 aliphatic heterocycles. The molecule has 0 bridgehead atoms. The number of ether oxygens (including phenoxy) is 3. The molecule has 2 aliphatic rings. The van der Waals surface area contributed by atoms with Gasteiger partial charge in [0, 0.05) is 32.1 Å². The number of hydrogen-bond acceptors (Lipinski definition) is 7. The Hall–Kier alpha value is -2.67. The summed E-state index contributed by atoms with van der Waals surface area (Å²) in [5.41, 5.74) is 0. The zero-order chi connectivity index (χ0) is 40.3. The van der Waals surface area contributed by atoms with Gasteiger partial charge < -0.3 is 19.1 Å². The Morgan fingerprint density at radius 2 is 0.839 bits per heavy atom. The van der Waals surface area contributed by atoms with Crippen molar-refractivity contribution in [1.82, 2.24) is 4.90 Å². The van der Waals surface area contributed by atoms with E-state index in [1.807, 2.05) is 0 Å². The number of hydrogen-bond donors (Lipinski definition) is 0. The number of esters is 3. The number of allylic oxidation sites excluding steroid dienone is 8. The summed E-state index contributed by atoms with van der Waals surface area (Å²) in [6.45, 7) is 6.24. The number of piperidine rings is 1. The molecule has 0 amide bonds. The van der Waals surface area contributed by atoms with Crippen molar-refractivity contribution in [3.8, 4) is 0 Å². The molecule has 320 valence electrons.